The smallest absolute Gasteiger partial charge is 0.216 e. The normalized spacial score (nSPS) is 11.4. The van der Waals surface area contributed by atoms with E-state index in [-0.39, 0.29) is 5.41 Å². The second-order valence-electron chi connectivity index (χ2n) is 5.29. The van der Waals surface area contributed by atoms with E-state index in [0.717, 1.165) is 10.2 Å². The fourth-order valence-corrected chi connectivity index (χ4v) is 2.42. The molecule has 0 radical (unpaired) electrons. The molecule has 106 valence electrons. The first kappa shape index (κ1) is 14.6. The van der Waals surface area contributed by atoms with Crippen LogP contribution < -0.4 is 10.5 Å². The highest BCUT2D eigenvalue weighted by Gasteiger charge is 2.23. The molecule has 2 heterocycles. The molecule has 2 aromatic rings. The van der Waals surface area contributed by atoms with Crippen molar-refractivity contribution in [3.05, 3.63) is 22.6 Å². The van der Waals surface area contributed by atoms with E-state index in [9.17, 15) is 0 Å². The van der Waals surface area contributed by atoms with Gasteiger partial charge in [0.05, 0.1) is 17.3 Å². The molecule has 0 aromatic carbocycles. The van der Waals surface area contributed by atoms with Gasteiger partial charge in [0.1, 0.15) is 17.8 Å². The molecule has 0 aliphatic heterocycles. The molecule has 2 aromatic heterocycles. The van der Waals surface area contributed by atoms with Gasteiger partial charge in [0.2, 0.25) is 5.88 Å². The minimum Gasteiger partial charge on any atom is -0.481 e. The predicted molar refractivity (Wildman–Crippen MR) is 80.4 cm³/mol. The van der Waals surface area contributed by atoms with Gasteiger partial charge in [0.25, 0.3) is 0 Å². The van der Waals surface area contributed by atoms with Crippen molar-refractivity contribution in [2.45, 2.75) is 26.2 Å². The highest BCUT2D eigenvalue weighted by atomic mass is 79.9. The monoisotopic (exact) mass is 337 g/mol. The molecule has 0 aliphatic carbocycles. The molecular weight excluding hydrogens is 322 g/mol. The fraction of sp³-hybridized carbons (Fsp3) is 0.385. The van der Waals surface area contributed by atoms with E-state index < -0.39 is 0 Å². The lowest BCUT2D eigenvalue weighted by atomic mass is 9.92. The lowest BCUT2D eigenvalue weighted by Gasteiger charge is -2.20. The Labute approximate surface area is 126 Å². The number of halogens is 1. The number of nitrogens with zero attached hydrogens (tertiary/aromatic N) is 4. The number of rotatable bonds is 2. The largest absolute Gasteiger partial charge is 0.481 e. The Kier molecular flexibility index (Phi) is 3.89. The van der Waals surface area contributed by atoms with Crippen LogP contribution in [0.3, 0.4) is 0 Å². The first-order valence-corrected chi connectivity index (χ1v) is 6.82. The van der Waals surface area contributed by atoms with Crippen LogP contribution in [0.2, 0.25) is 0 Å². The zero-order chi connectivity index (χ0) is 14.9. The quantitative estimate of drug-likeness (QED) is 0.906. The van der Waals surface area contributed by atoms with Gasteiger partial charge in [-0.15, -0.1) is 0 Å². The van der Waals surface area contributed by atoms with Crippen LogP contribution in [0.1, 0.15) is 26.5 Å². The molecule has 0 amide bonds. The van der Waals surface area contributed by atoms with Gasteiger partial charge < -0.3 is 10.5 Å². The molecule has 0 unspecified atom stereocenters. The van der Waals surface area contributed by atoms with E-state index in [1.165, 1.54) is 6.33 Å². The topological polar surface area (TPSA) is 86.8 Å². The van der Waals surface area contributed by atoms with Crippen LogP contribution in [0.5, 0.6) is 5.88 Å². The van der Waals surface area contributed by atoms with Gasteiger partial charge in [-0.05, 0) is 15.9 Å². The Morgan fingerprint density at radius 2 is 1.90 bits per heavy atom. The molecule has 6 nitrogen and oxygen atoms in total. The summed E-state index contributed by atoms with van der Waals surface area (Å²) >= 11 is 3.44. The summed E-state index contributed by atoms with van der Waals surface area (Å²) in [5.41, 5.74) is 7.19. The second-order valence-corrected chi connectivity index (χ2v) is 6.08. The fourth-order valence-electron chi connectivity index (χ4n) is 1.65. The lowest BCUT2D eigenvalue weighted by molar-refractivity contribution is 0.397. The molecule has 0 bridgehead atoms. The van der Waals surface area contributed by atoms with Gasteiger partial charge in [-0.1, -0.05) is 20.8 Å². The number of methoxy groups -OCH3 is 1. The molecule has 0 aliphatic rings. The van der Waals surface area contributed by atoms with Crippen molar-refractivity contribution in [2.75, 3.05) is 12.8 Å². The third kappa shape index (κ3) is 2.87. The summed E-state index contributed by atoms with van der Waals surface area (Å²) in [5.74, 6) is 1.30. The van der Waals surface area contributed by atoms with Crippen molar-refractivity contribution >= 4 is 21.7 Å². The van der Waals surface area contributed by atoms with Crippen LogP contribution in [0, 0.1) is 0 Å². The van der Waals surface area contributed by atoms with E-state index in [2.05, 4.69) is 56.6 Å². The predicted octanol–water partition coefficient (Wildman–Crippen LogP) is 2.58. The van der Waals surface area contributed by atoms with Crippen LogP contribution in [0.15, 0.2) is 16.9 Å². The molecule has 0 saturated heterocycles. The first-order chi connectivity index (χ1) is 9.32. The van der Waals surface area contributed by atoms with E-state index >= 15 is 0 Å². The molecule has 0 saturated carbocycles. The first-order valence-electron chi connectivity index (χ1n) is 6.03. The minimum absolute atomic E-state index is 0.165. The number of hydrogen-bond acceptors (Lipinski definition) is 6. The molecule has 2 N–H and O–H groups in total. The van der Waals surface area contributed by atoms with Gasteiger partial charge >= 0.3 is 0 Å². The maximum Gasteiger partial charge on any atom is 0.216 e. The third-order valence-electron chi connectivity index (χ3n) is 2.67. The Bertz CT molecular complexity index is 639. The molecular formula is C13H16BrN5O. The number of ether oxygens (including phenoxy) is 1. The number of nitrogen functional groups attached to an aromatic ring is 1. The Balaban J connectivity index is 2.60. The molecule has 7 heteroatoms. The molecule has 2 rings (SSSR count). The zero-order valence-corrected chi connectivity index (χ0v) is 13.4. The van der Waals surface area contributed by atoms with Crippen molar-refractivity contribution in [1.82, 2.24) is 19.9 Å². The second kappa shape index (κ2) is 5.32. The van der Waals surface area contributed by atoms with E-state index in [0.29, 0.717) is 23.2 Å². The van der Waals surface area contributed by atoms with Crippen LogP contribution in [0.4, 0.5) is 5.82 Å². The summed E-state index contributed by atoms with van der Waals surface area (Å²) in [5, 5.41) is 0. The summed E-state index contributed by atoms with van der Waals surface area (Å²) < 4.78 is 5.80. The zero-order valence-electron chi connectivity index (χ0n) is 11.8. The lowest BCUT2D eigenvalue weighted by Crippen LogP contribution is -2.17. The minimum atomic E-state index is -0.165. The highest BCUT2D eigenvalue weighted by molar-refractivity contribution is 9.10. The van der Waals surface area contributed by atoms with E-state index in [1.807, 2.05) is 0 Å². The summed E-state index contributed by atoms with van der Waals surface area (Å²) in [4.78, 5) is 17.0. The van der Waals surface area contributed by atoms with E-state index in [1.54, 1.807) is 13.2 Å². The number of nitrogens with two attached hydrogens (primary N) is 1. The summed E-state index contributed by atoms with van der Waals surface area (Å²) in [6.45, 7) is 6.18. The number of aromatic nitrogens is 4. The molecule has 20 heavy (non-hydrogen) atoms. The standard InChI is InChI=1S/C13H16BrN5O/c1-13(2,3)10-9(14)11(15)19-12(18-10)7-5-8(20-4)17-6-16-7/h5-6H,1-4H3,(H2,15,18,19). The average molecular weight is 338 g/mol. The SMILES string of the molecule is COc1cc(-c2nc(N)c(Br)c(C(C)(C)C)n2)ncn1. The maximum absolute atomic E-state index is 5.95. The van der Waals surface area contributed by atoms with Crippen molar-refractivity contribution < 1.29 is 4.74 Å². The van der Waals surface area contributed by atoms with Gasteiger partial charge in [-0.3, -0.25) is 0 Å². The van der Waals surface area contributed by atoms with Crippen LogP contribution in [-0.4, -0.2) is 27.0 Å². The van der Waals surface area contributed by atoms with E-state index in [4.69, 9.17) is 10.5 Å². The van der Waals surface area contributed by atoms with Gasteiger partial charge in [0.15, 0.2) is 5.82 Å². The van der Waals surface area contributed by atoms with Crippen molar-refractivity contribution in [2.24, 2.45) is 0 Å². The van der Waals surface area contributed by atoms with Crippen LogP contribution >= 0.6 is 15.9 Å². The van der Waals surface area contributed by atoms with Crippen LogP contribution in [0.25, 0.3) is 11.5 Å². The average Bonchev–Trinajstić information content (AvgIpc) is 2.40. The van der Waals surface area contributed by atoms with Crippen molar-refractivity contribution in [3.8, 4) is 17.4 Å². The molecule has 0 fully saturated rings. The Morgan fingerprint density at radius 3 is 2.50 bits per heavy atom. The number of hydrogen-bond donors (Lipinski definition) is 1. The van der Waals surface area contributed by atoms with Crippen molar-refractivity contribution in [1.29, 1.82) is 0 Å². The summed E-state index contributed by atoms with van der Waals surface area (Å²) in [6.07, 6.45) is 1.41. The van der Waals surface area contributed by atoms with Crippen molar-refractivity contribution in [3.63, 3.8) is 0 Å². The maximum atomic E-state index is 5.95. The highest BCUT2D eigenvalue weighted by Crippen LogP contribution is 2.32. The molecule has 0 atom stereocenters. The van der Waals surface area contributed by atoms with Gasteiger partial charge in [-0.2, -0.15) is 0 Å². The summed E-state index contributed by atoms with van der Waals surface area (Å²) in [7, 11) is 1.55. The Hall–Kier alpha value is -1.76. The van der Waals surface area contributed by atoms with Gasteiger partial charge in [0, 0.05) is 11.5 Å². The number of anilines is 1. The Morgan fingerprint density at radius 1 is 1.20 bits per heavy atom. The van der Waals surface area contributed by atoms with Gasteiger partial charge in [-0.25, -0.2) is 19.9 Å². The van der Waals surface area contributed by atoms with Crippen LogP contribution in [-0.2, 0) is 5.41 Å². The molecule has 0 spiro atoms. The summed E-state index contributed by atoms with van der Waals surface area (Å²) in [6, 6.07) is 1.68. The third-order valence-corrected chi connectivity index (χ3v) is 3.45.